The van der Waals surface area contributed by atoms with E-state index in [0.29, 0.717) is 5.71 Å². The quantitative estimate of drug-likeness (QED) is 0.540. The topological polar surface area (TPSA) is 58.5 Å². The van der Waals surface area contributed by atoms with E-state index in [1.165, 1.54) is 0 Å². The lowest BCUT2D eigenvalue weighted by Crippen LogP contribution is -2.19. The fourth-order valence-corrected chi connectivity index (χ4v) is 3.35. The third-order valence-corrected chi connectivity index (χ3v) is 5.30. The monoisotopic (exact) mass is 364 g/mol. The summed E-state index contributed by atoms with van der Waals surface area (Å²) >= 11 is 0. The van der Waals surface area contributed by atoms with Crippen LogP contribution in [0.1, 0.15) is 18.1 Å². The highest BCUT2D eigenvalue weighted by Gasteiger charge is 2.12. The van der Waals surface area contributed by atoms with Crippen molar-refractivity contribution in [2.45, 2.75) is 18.7 Å². The van der Waals surface area contributed by atoms with Crippen molar-refractivity contribution in [1.82, 2.24) is 4.83 Å². The molecular weight excluding hydrogens is 344 g/mol. The van der Waals surface area contributed by atoms with Gasteiger partial charge in [0.15, 0.2) is 0 Å². The van der Waals surface area contributed by atoms with E-state index in [2.05, 4.69) is 9.93 Å². The zero-order valence-corrected chi connectivity index (χ0v) is 15.5. The summed E-state index contributed by atoms with van der Waals surface area (Å²) in [6, 6.07) is 24.6. The standard InChI is InChI=1S/C21H20N2O2S/c1-16-8-14-21(15-9-16)26(24,25)23-22-17(2)18-10-12-20(13-11-18)19-6-4-3-5-7-19/h3-15,23H,1-2H3/b22-17-. The minimum atomic E-state index is -3.67. The van der Waals surface area contributed by atoms with Gasteiger partial charge in [0.05, 0.1) is 10.6 Å². The molecule has 0 aromatic heterocycles. The van der Waals surface area contributed by atoms with Gasteiger partial charge in [-0.05, 0) is 42.7 Å². The van der Waals surface area contributed by atoms with Gasteiger partial charge in [-0.3, -0.25) is 0 Å². The fraction of sp³-hybridized carbons (Fsp3) is 0.0952. The van der Waals surface area contributed by atoms with E-state index in [1.807, 2.05) is 61.5 Å². The lowest BCUT2D eigenvalue weighted by Gasteiger charge is -2.07. The normalized spacial score (nSPS) is 12.0. The first-order chi connectivity index (χ1) is 12.5. The van der Waals surface area contributed by atoms with Gasteiger partial charge < -0.3 is 0 Å². The fourth-order valence-electron chi connectivity index (χ4n) is 2.50. The molecule has 0 fully saturated rings. The molecule has 26 heavy (non-hydrogen) atoms. The summed E-state index contributed by atoms with van der Waals surface area (Å²) in [6.07, 6.45) is 0. The second-order valence-corrected chi connectivity index (χ2v) is 7.71. The third kappa shape index (κ3) is 4.18. The highest BCUT2D eigenvalue weighted by atomic mass is 32.2. The number of nitrogens with zero attached hydrogens (tertiary/aromatic N) is 1. The first kappa shape index (κ1) is 17.9. The first-order valence-electron chi connectivity index (χ1n) is 8.24. The second-order valence-electron chi connectivity index (χ2n) is 6.05. The summed E-state index contributed by atoms with van der Waals surface area (Å²) in [6.45, 7) is 3.68. The van der Waals surface area contributed by atoms with Crippen LogP contribution in [0.3, 0.4) is 0 Å². The van der Waals surface area contributed by atoms with Crippen molar-refractivity contribution in [1.29, 1.82) is 0 Å². The van der Waals surface area contributed by atoms with Crippen LogP contribution in [-0.2, 0) is 10.0 Å². The Morgan fingerprint density at radius 3 is 2.00 bits per heavy atom. The molecule has 5 heteroatoms. The molecule has 0 saturated heterocycles. The molecule has 0 aliphatic carbocycles. The predicted octanol–water partition coefficient (Wildman–Crippen LogP) is 4.36. The van der Waals surface area contributed by atoms with E-state index < -0.39 is 10.0 Å². The van der Waals surface area contributed by atoms with E-state index in [0.717, 1.165) is 22.3 Å². The zero-order valence-electron chi connectivity index (χ0n) is 14.7. The number of sulfonamides is 1. The van der Waals surface area contributed by atoms with E-state index in [1.54, 1.807) is 31.2 Å². The van der Waals surface area contributed by atoms with Crippen LogP contribution in [0.4, 0.5) is 0 Å². The minimum absolute atomic E-state index is 0.194. The maximum Gasteiger partial charge on any atom is 0.276 e. The maximum atomic E-state index is 12.3. The van der Waals surface area contributed by atoms with Crippen molar-refractivity contribution in [2.24, 2.45) is 5.10 Å². The minimum Gasteiger partial charge on any atom is -0.200 e. The summed E-state index contributed by atoms with van der Waals surface area (Å²) in [4.78, 5) is 2.49. The highest BCUT2D eigenvalue weighted by molar-refractivity contribution is 7.89. The van der Waals surface area contributed by atoms with Crippen LogP contribution in [0.15, 0.2) is 88.9 Å². The van der Waals surface area contributed by atoms with E-state index >= 15 is 0 Å². The number of hydrogen-bond donors (Lipinski definition) is 1. The Morgan fingerprint density at radius 1 is 0.808 bits per heavy atom. The van der Waals surface area contributed by atoms with Crippen molar-refractivity contribution >= 4 is 15.7 Å². The Labute approximate surface area is 154 Å². The number of benzene rings is 3. The number of aryl methyl sites for hydroxylation is 1. The van der Waals surface area contributed by atoms with Crippen LogP contribution in [0.5, 0.6) is 0 Å². The smallest absolute Gasteiger partial charge is 0.200 e. The number of hydrazone groups is 1. The highest BCUT2D eigenvalue weighted by Crippen LogP contribution is 2.19. The lowest BCUT2D eigenvalue weighted by molar-refractivity contribution is 0.584. The van der Waals surface area contributed by atoms with Crippen molar-refractivity contribution < 1.29 is 8.42 Å². The van der Waals surface area contributed by atoms with Gasteiger partial charge in [-0.25, -0.2) is 0 Å². The maximum absolute atomic E-state index is 12.3. The molecule has 0 radical (unpaired) electrons. The van der Waals surface area contributed by atoms with Gasteiger partial charge in [0, 0.05) is 0 Å². The Balaban J connectivity index is 1.76. The molecule has 3 rings (SSSR count). The molecule has 0 amide bonds. The molecule has 1 N–H and O–H groups in total. The molecule has 0 atom stereocenters. The molecular formula is C21H20N2O2S. The van der Waals surface area contributed by atoms with Gasteiger partial charge in [0.1, 0.15) is 0 Å². The molecule has 4 nitrogen and oxygen atoms in total. The first-order valence-corrected chi connectivity index (χ1v) is 9.73. The summed E-state index contributed by atoms with van der Waals surface area (Å²) in [5.41, 5.74) is 4.69. The van der Waals surface area contributed by atoms with E-state index in [9.17, 15) is 8.42 Å². The van der Waals surface area contributed by atoms with E-state index in [-0.39, 0.29) is 4.90 Å². The van der Waals surface area contributed by atoms with Crippen LogP contribution in [-0.4, -0.2) is 14.1 Å². The lowest BCUT2D eigenvalue weighted by atomic mass is 10.0. The van der Waals surface area contributed by atoms with Crippen molar-refractivity contribution in [3.8, 4) is 11.1 Å². The van der Waals surface area contributed by atoms with Crippen LogP contribution >= 0.6 is 0 Å². The molecule has 132 valence electrons. The molecule has 0 aliphatic rings. The molecule has 0 heterocycles. The van der Waals surface area contributed by atoms with Gasteiger partial charge in [-0.1, -0.05) is 72.3 Å². The van der Waals surface area contributed by atoms with Crippen molar-refractivity contribution in [3.05, 3.63) is 90.0 Å². The van der Waals surface area contributed by atoms with Crippen LogP contribution in [0.25, 0.3) is 11.1 Å². The number of nitrogens with one attached hydrogen (secondary N) is 1. The van der Waals surface area contributed by atoms with Gasteiger partial charge in [0.2, 0.25) is 0 Å². The zero-order chi connectivity index (χ0) is 18.6. The van der Waals surface area contributed by atoms with Crippen molar-refractivity contribution in [3.63, 3.8) is 0 Å². The average Bonchev–Trinajstić information content (AvgIpc) is 2.67. The average molecular weight is 364 g/mol. The molecule has 0 bridgehead atoms. The van der Waals surface area contributed by atoms with Gasteiger partial charge >= 0.3 is 0 Å². The Bertz CT molecular complexity index is 1010. The summed E-state index contributed by atoms with van der Waals surface area (Å²) in [7, 11) is -3.67. The van der Waals surface area contributed by atoms with Crippen LogP contribution in [0.2, 0.25) is 0 Å². The van der Waals surface area contributed by atoms with Gasteiger partial charge in [-0.15, -0.1) is 0 Å². The largest absolute Gasteiger partial charge is 0.276 e. The number of rotatable bonds is 5. The van der Waals surface area contributed by atoms with Crippen LogP contribution in [0, 0.1) is 6.92 Å². The Kier molecular flexibility index (Phi) is 5.19. The summed E-state index contributed by atoms with van der Waals surface area (Å²) in [5, 5.41) is 4.05. The molecule has 0 spiro atoms. The number of hydrogen-bond acceptors (Lipinski definition) is 3. The SMILES string of the molecule is C/C(=N/NS(=O)(=O)c1ccc(C)cc1)c1ccc(-c2ccccc2)cc1. The predicted molar refractivity (Wildman–Crippen MR) is 106 cm³/mol. The Hall–Kier alpha value is -2.92. The van der Waals surface area contributed by atoms with Gasteiger partial charge in [-0.2, -0.15) is 18.4 Å². The molecule has 3 aromatic rings. The van der Waals surface area contributed by atoms with E-state index in [4.69, 9.17) is 0 Å². The van der Waals surface area contributed by atoms with Gasteiger partial charge in [0.25, 0.3) is 10.0 Å². The second kappa shape index (κ2) is 7.54. The third-order valence-electron chi connectivity index (χ3n) is 4.07. The molecule has 3 aromatic carbocycles. The molecule has 0 unspecified atom stereocenters. The van der Waals surface area contributed by atoms with Crippen molar-refractivity contribution in [2.75, 3.05) is 0 Å². The summed E-state index contributed by atoms with van der Waals surface area (Å²) in [5.74, 6) is 0. The molecule has 0 aliphatic heterocycles. The Morgan fingerprint density at radius 2 is 1.38 bits per heavy atom. The van der Waals surface area contributed by atoms with Crippen LogP contribution < -0.4 is 4.83 Å². The molecule has 0 saturated carbocycles. The summed E-state index contributed by atoms with van der Waals surface area (Å²) < 4.78 is 24.6.